The Morgan fingerprint density at radius 2 is 2.27 bits per heavy atom. The minimum atomic E-state index is -3.42. The molecule has 0 aliphatic rings. The number of fused-ring (bicyclic) bond motifs is 1. The average Bonchev–Trinajstić information content (AvgIpc) is 2.64. The molecule has 2 rings (SSSR count). The number of alkyl halides is 1. The van der Waals surface area contributed by atoms with E-state index in [1.807, 2.05) is 0 Å². The molecular weight excluding hydrogens is 256 g/mol. The van der Waals surface area contributed by atoms with Crippen LogP contribution in [0.25, 0.3) is 10.2 Å². The van der Waals surface area contributed by atoms with Gasteiger partial charge in [-0.2, -0.15) is 0 Å². The summed E-state index contributed by atoms with van der Waals surface area (Å²) in [6, 6.07) is 5.15. The Morgan fingerprint density at radius 3 is 3.00 bits per heavy atom. The molecule has 0 spiro atoms. The summed E-state index contributed by atoms with van der Waals surface area (Å²) < 4.78 is 25.7. The first-order valence-electron chi connectivity index (χ1n) is 4.00. The maximum atomic E-state index is 11.2. The molecule has 0 aliphatic carbocycles. The van der Waals surface area contributed by atoms with Gasteiger partial charge in [0.1, 0.15) is 5.21 Å². The van der Waals surface area contributed by atoms with Gasteiger partial charge in [0.05, 0.1) is 21.4 Å². The molecule has 80 valence electrons. The summed E-state index contributed by atoms with van der Waals surface area (Å²) in [7, 11) is -3.42. The lowest BCUT2D eigenvalue weighted by Crippen LogP contribution is -2.13. The van der Waals surface area contributed by atoms with E-state index in [0.717, 1.165) is 10.2 Å². The summed E-state index contributed by atoms with van der Waals surface area (Å²) in [6.07, 6.45) is 0. The number of nitrogens with zero attached hydrogens (tertiary/aromatic N) is 1. The van der Waals surface area contributed by atoms with Gasteiger partial charge in [-0.25, -0.2) is 13.4 Å². The molecule has 0 unspecified atom stereocenters. The van der Waals surface area contributed by atoms with Crippen molar-refractivity contribution in [3.05, 3.63) is 23.7 Å². The molecule has 7 heteroatoms. The predicted octanol–water partition coefficient (Wildman–Crippen LogP) is 2.23. The highest BCUT2D eigenvalue weighted by Crippen LogP contribution is 2.22. The van der Waals surface area contributed by atoms with Crippen molar-refractivity contribution in [3.63, 3.8) is 0 Å². The number of halogens is 1. The molecule has 0 fully saturated rings. The molecule has 0 bridgehead atoms. The fraction of sp³-hybridized carbons (Fsp3) is 0.125. The van der Waals surface area contributed by atoms with Gasteiger partial charge in [0.25, 0.3) is 0 Å². The van der Waals surface area contributed by atoms with Crippen molar-refractivity contribution in [2.24, 2.45) is 0 Å². The van der Waals surface area contributed by atoms with Crippen molar-refractivity contribution >= 4 is 48.9 Å². The quantitative estimate of drug-likeness (QED) is 0.863. The van der Waals surface area contributed by atoms with Crippen molar-refractivity contribution in [1.82, 2.24) is 4.98 Å². The first-order valence-corrected chi connectivity index (χ1v) is 7.07. The highest BCUT2D eigenvalue weighted by atomic mass is 35.5. The van der Waals surface area contributed by atoms with Crippen LogP contribution in [0, 0.1) is 0 Å². The van der Waals surface area contributed by atoms with Gasteiger partial charge in [-0.1, -0.05) is 0 Å². The number of sulfonamides is 1. The molecular formula is C8H7ClN2O2S2. The molecule has 0 radical (unpaired) electrons. The Hall–Kier alpha value is -0.850. The topological polar surface area (TPSA) is 59.1 Å². The molecule has 1 aromatic heterocycles. The Balaban J connectivity index is 2.37. The van der Waals surface area contributed by atoms with Gasteiger partial charge in [0, 0.05) is 0 Å². The summed E-state index contributed by atoms with van der Waals surface area (Å²) in [5.74, 6) is 0. The number of anilines is 1. The van der Waals surface area contributed by atoms with Crippen molar-refractivity contribution in [1.29, 1.82) is 0 Å². The zero-order valence-electron chi connectivity index (χ0n) is 7.47. The van der Waals surface area contributed by atoms with Crippen LogP contribution in [-0.2, 0) is 10.0 Å². The van der Waals surface area contributed by atoms with Crippen LogP contribution in [0.2, 0.25) is 0 Å². The zero-order valence-corrected chi connectivity index (χ0v) is 9.86. The maximum absolute atomic E-state index is 11.2. The summed E-state index contributed by atoms with van der Waals surface area (Å²) in [6.45, 7) is 0. The van der Waals surface area contributed by atoms with E-state index in [9.17, 15) is 8.42 Å². The van der Waals surface area contributed by atoms with Crippen molar-refractivity contribution in [3.8, 4) is 0 Å². The second-order valence-electron chi connectivity index (χ2n) is 2.86. The largest absolute Gasteiger partial charge is 0.283 e. The standard InChI is InChI=1S/C8H7ClN2O2S2/c9-4-15(12,13)11-6-1-2-7-8(3-6)14-5-10-7/h1-3,5,11H,4H2. The molecule has 4 nitrogen and oxygen atoms in total. The Kier molecular flexibility index (Phi) is 2.81. The van der Waals surface area contributed by atoms with Gasteiger partial charge in [0.2, 0.25) is 10.0 Å². The summed E-state index contributed by atoms with van der Waals surface area (Å²) >= 11 is 6.74. The first-order chi connectivity index (χ1) is 7.11. The fourth-order valence-corrected chi connectivity index (χ4v) is 2.55. The third-order valence-electron chi connectivity index (χ3n) is 1.75. The van der Waals surface area contributed by atoms with Crippen LogP contribution in [0.3, 0.4) is 0 Å². The van der Waals surface area contributed by atoms with Crippen LogP contribution in [0.1, 0.15) is 0 Å². The normalized spacial score (nSPS) is 11.8. The van der Waals surface area contributed by atoms with Gasteiger partial charge < -0.3 is 0 Å². The SMILES string of the molecule is O=S(=O)(CCl)Nc1ccc2ncsc2c1. The van der Waals surface area contributed by atoms with E-state index in [4.69, 9.17) is 11.6 Å². The van der Waals surface area contributed by atoms with E-state index < -0.39 is 15.2 Å². The predicted molar refractivity (Wildman–Crippen MR) is 62.9 cm³/mol. The molecule has 2 aromatic rings. The lowest BCUT2D eigenvalue weighted by atomic mass is 10.3. The fourth-order valence-electron chi connectivity index (χ4n) is 1.13. The number of nitrogens with one attached hydrogen (secondary N) is 1. The summed E-state index contributed by atoms with van der Waals surface area (Å²) in [5.41, 5.74) is 3.08. The molecule has 1 heterocycles. The molecule has 0 atom stereocenters. The van der Waals surface area contributed by atoms with Crippen LogP contribution in [0.15, 0.2) is 23.7 Å². The van der Waals surface area contributed by atoms with E-state index in [1.54, 1.807) is 23.7 Å². The Bertz CT molecular complexity index is 579. The van der Waals surface area contributed by atoms with Gasteiger partial charge in [-0.05, 0) is 18.2 Å². The molecule has 0 saturated heterocycles. The highest BCUT2D eigenvalue weighted by Gasteiger charge is 2.08. The van der Waals surface area contributed by atoms with Crippen LogP contribution in [0.5, 0.6) is 0 Å². The minimum Gasteiger partial charge on any atom is -0.283 e. The van der Waals surface area contributed by atoms with Gasteiger partial charge in [-0.3, -0.25) is 4.72 Å². The first kappa shape index (κ1) is 10.7. The lowest BCUT2D eigenvalue weighted by Gasteiger charge is -2.04. The second kappa shape index (κ2) is 3.96. The second-order valence-corrected chi connectivity index (χ2v) is 6.05. The summed E-state index contributed by atoms with van der Waals surface area (Å²) in [4.78, 5) is 4.09. The molecule has 1 N–H and O–H groups in total. The number of benzene rings is 1. The Morgan fingerprint density at radius 1 is 1.47 bits per heavy atom. The monoisotopic (exact) mass is 262 g/mol. The lowest BCUT2D eigenvalue weighted by molar-refractivity contribution is 0.605. The van der Waals surface area contributed by atoms with Crippen LogP contribution in [0.4, 0.5) is 5.69 Å². The highest BCUT2D eigenvalue weighted by molar-refractivity contribution is 7.93. The third-order valence-corrected chi connectivity index (χ3v) is 4.24. The third kappa shape index (κ3) is 2.39. The van der Waals surface area contributed by atoms with Gasteiger partial charge >= 0.3 is 0 Å². The van der Waals surface area contributed by atoms with E-state index in [1.165, 1.54) is 11.3 Å². The average molecular weight is 263 g/mol. The number of aromatic nitrogens is 1. The van der Waals surface area contributed by atoms with Crippen LogP contribution in [-0.4, -0.2) is 18.6 Å². The maximum Gasteiger partial charge on any atom is 0.246 e. The van der Waals surface area contributed by atoms with E-state index in [2.05, 4.69) is 9.71 Å². The van der Waals surface area contributed by atoms with Crippen molar-refractivity contribution < 1.29 is 8.42 Å². The van der Waals surface area contributed by atoms with Crippen molar-refractivity contribution in [2.45, 2.75) is 0 Å². The number of hydrogen-bond donors (Lipinski definition) is 1. The molecule has 0 saturated carbocycles. The molecule has 0 aliphatic heterocycles. The van der Waals surface area contributed by atoms with Crippen molar-refractivity contribution in [2.75, 3.05) is 9.93 Å². The van der Waals surface area contributed by atoms with Crippen LogP contribution < -0.4 is 4.72 Å². The van der Waals surface area contributed by atoms with E-state index in [0.29, 0.717) is 5.69 Å². The number of thiazole rings is 1. The van der Waals surface area contributed by atoms with Gasteiger partial charge in [0.15, 0.2) is 0 Å². The van der Waals surface area contributed by atoms with E-state index in [-0.39, 0.29) is 0 Å². The molecule has 15 heavy (non-hydrogen) atoms. The molecule has 0 amide bonds. The van der Waals surface area contributed by atoms with E-state index >= 15 is 0 Å². The summed E-state index contributed by atoms with van der Waals surface area (Å²) in [5, 5.41) is -0.451. The Labute approximate surface area is 96.0 Å². The smallest absolute Gasteiger partial charge is 0.246 e. The number of hydrogen-bond acceptors (Lipinski definition) is 4. The zero-order chi connectivity index (χ0) is 10.9. The molecule has 1 aromatic carbocycles. The number of rotatable bonds is 3. The van der Waals surface area contributed by atoms with Crippen LogP contribution >= 0.6 is 22.9 Å². The minimum absolute atomic E-state index is 0.451. The van der Waals surface area contributed by atoms with Gasteiger partial charge in [-0.15, -0.1) is 22.9 Å².